The van der Waals surface area contributed by atoms with Crippen LogP contribution in [0.3, 0.4) is 0 Å². The van der Waals surface area contributed by atoms with E-state index < -0.39 is 13.0 Å². The molecule has 2 amide bonds. The van der Waals surface area contributed by atoms with Gasteiger partial charge in [-0.2, -0.15) is 0 Å². The van der Waals surface area contributed by atoms with Crippen LogP contribution in [0, 0.1) is 0 Å². The SMILES string of the molecule is CN(C)C(CNC(=O)NCc1cccc(OCC(F)F)c1)c1ccco1. The van der Waals surface area contributed by atoms with Crippen molar-refractivity contribution in [2.24, 2.45) is 0 Å². The fourth-order valence-electron chi connectivity index (χ4n) is 2.36. The van der Waals surface area contributed by atoms with Gasteiger partial charge in [0.2, 0.25) is 0 Å². The molecule has 0 bridgehead atoms. The molecule has 2 rings (SSSR count). The van der Waals surface area contributed by atoms with Crippen LogP contribution < -0.4 is 15.4 Å². The summed E-state index contributed by atoms with van der Waals surface area (Å²) in [6, 6.07) is 9.93. The second kappa shape index (κ2) is 9.76. The third-order valence-corrected chi connectivity index (χ3v) is 3.68. The molecule has 1 unspecified atom stereocenters. The lowest BCUT2D eigenvalue weighted by Crippen LogP contribution is -2.40. The van der Waals surface area contributed by atoms with Crippen molar-refractivity contribution in [2.45, 2.75) is 19.0 Å². The van der Waals surface area contributed by atoms with Crippen LogP contribution in [-0.4, -0.2) is 44.6 Å². The molecule has 1 heterocycles. The number of alkyl halides is 2. The quantitative estimate of drug-likeness (QED) is 0.715. The van der Waals surface area contributed by atoms with E-state index in [-0.39, 0.29) is 18.6 Å². The Kier molecular flexibility index (Phi) is 7.40. The number of carbonyl (C=O) groups excluding carboxylic acids is 1. The minimum absolute atomic E-state index is 0.0816. The van der Waals surface area contributed by atoms with E-state index >= 15 is 0 Å². The van der Waals surface area contributed by atoms with Crippen molar-refractivity contribution in [1.82, 2.24) is 15.5 Å². The summed E-state index contributed by atoms with van der Waals surface area (Å²) < 4.78 is 34.7. The average Bonchev–Trinajstić information content (AvgIpc) is 3.12. The van der Waals surface area contributed by atoms with Crippen LogP contribution in [0.15, 0.2) is 47.1 Å². The van der Waals surface area contributed by atoms with Gasteiger partial charge in [-0.1, -0.05) is 12.1 Å². The molecular formula is C18H23F2N3O3. The predicted octanol–water partition coefficient (Wildman–Crippen LogP) is 3.03. The van der Waals surface area contributed by atoms with Gasteiger partial charge in [0.25, 0.3) is 6.43 Å². The van der Waals surface area contributed by atoms with Crippen LogP contribution in [0.4, 0.5) is 13.6 Å². The van der Waals surface area contributed by atoms with Crippen LogP contribution in [0.5, 0.6) is 5.75 Å². The van der Waals surface area contributed by atoms with Gasteiger partial charge in [0.15, 0.2) is 0 Å². The highest BCUT2D eigenvalue weighted by Gasteiger charge is 2.17. The average molecular weight is 367 g/mol. The summed E-state index contributed by atoms with van der Waals surface area (Å²) in [7, 11) is 3.80. The third-order valence-electron chi connectivity index (χ3n) is 3.68. The summed E-state index contributed by atoms with van der Waals surface area (Å²) in [5.74, 6) is 1.11. The number of nitrogens with one attached hydrogen (secondary N) is 2. The van der Waals surface area contributed by atoms with E-state index in [9.17, 15) is 13.6 Å². The zero-order valence-electron chi connectivity index (χ0n) is 14.7. The number of ether oxygens (including phenoxy) is 1. The van der Waals surface area contributed by atoms with E-state index in [1.54, 1.807) is 36.6 Å². The fraction of sp³-hybridized carbons (Fsp3) is 0.389. The van der Waals surface area contributed by atoms with E-state index in [2.05, 4.69) is 10.6 Å². The smallest absolute Gasteiger partial charge is 0.315 e. The topological polar surface area (TPSA) is 66.7 Å². The van der Waals surface area contributed by atoms with Crippen LogP contribution >= 0.6 is 0 Å². The molecule has 0 radical (unpaired) electrons. The first-order valence-corrected chi connectivity index (χ1v) is 8.17. The molecule has 8 heteroatoms. The maximum absolute atomic E-state index is 12.2. The van der Waals surface area contributed by atoms with Crippen LogP contribution in [-0.2, 0) is 6.54 Å². The number of rotatable bonds is 9. The Morgan fingerprint density at radius 3 is 2.69 bits per heavy atom. The summed E-state index contributed by atoms with van der Waals surface area (Å²) in [5, 5.41) is 5.52. The Bertz CT molecular complexity index is 678. The van der Waals surface area contributed by atoms with Crippen molar-refractivity contribution in [3.63, 3.8) is 0 Å². The Morgan fingerprint density at radius 2 is 2.04 bits per heavy atom. The van der Waals surface area contributed by atoms with Gasteiger partial charge in [-0.15, -0.1) is 0 Å². The van der Waals surface area contributed by atoms with E-state index in [0.29, 0.717) is 12.3 Å². The molecule has 142 valence electrons. The molecule has 6 nitrogen and oxygen atoms in total. The molecule has 0 spiro atoms. The normalized spacial score (nSPS) is 12.2. The lowest BCUT2D eigenvalue weighted by molar-refractivity contribution is 0.0818. The highest BCUT2D eigenvalue weighted by atomic mass is 19.3. The van der Waals surface area contributed by atoms with Crippen molar-refractivity contribution in [2.75, 3.05) is 27.2 Å². The molecule has 1 aromatic heterocycles. The van der Waals surface area contributed by atoms with E-state index in [0.717, 1.165) is 11.3 Å². The van der Waals surface area contributed by atoms with Gasteiger partial charge < -0.3 is 19.8 Å². The largest absolute Gasteiger partial charge is 0.488 e. The van der Waals surface area contributed by atoms with Gasteiger partial charge in [-0.05, 0) is 43.9 Å². The summed E-state index contributed by atoms with van der Waals surface area (Å²) in [5.41, 5.74) is 0.752. The zero-order chi connectivity index (χ0) is 18.9. The van der Waals surface area contributed by atoms with Crippen molar-refractivity contribution in [1.29, 1.82) is 0 Å². The molecule has 0 aliphatic heterocycles. The maximum atomic E-state index is 12.2. The lowest BCUT2D eigenvalue weighted by Gasteiger charge is -2.22. The molecular weight excluding hydrogens is 344 g/mol. The number of amides is 2. The lowest BCUT2D eigenvalue weighted by atomic mass is 10.2. The Morgan fingerprint density at radius 1 is 1.23 bits per heavy atom. The molecule has 1 atom stereocenters. The molecule has 0 aliphatic carbocycles. The van der Waals surface area contributed by atoms with E-state index in [1.807, 2.05) is 25.1 Å². The minimum atomic E-state index is -2.53. The van der Waals surface area contributed by atoms with Gasteiger partial charge in [0.1, 0.15) is 18.1 Å². The van der Waals surface area contributed by atoms with Crippen molar-refractivity contribution in [3.05, 3.63) is 54.0 Å². The highest BCUT2D eigenvalue weighted by Crippen LogP contribution is 2.17. The summed E-state index contributed by atoms with van der Waals surface area (Å²) in [4.78, 5) is 14.0. The van der Waals surface area contributed by atoms with Crippen molar-refractivity contribution >= 4 is 6.03 Å². The van der Waals surface area contributed by atoms with Crippen LogP contribution in [0.25, 0.3) is 0 Å². The molecule has 0 saturated carbocycles. The molecule has 0 saturated heterocycles. The third kappa shape index (κ3) is 6.36. The number of furan rings is 1. The Labute approximate surface area is 151 Å². The van der Waals surface area contributed by atoms with Gasteiger partial charge >= 0.3 is 6.03 Å². The number of benzene rings is 1. The van der Waals surface area contributed by atoms with Gasteiger partial charge in [0.05, 0.1) is 12.3 Å². The molecule has 2 aromatic rings. The highest BCUT2D eigenvalue weighted by molar-refractivity contribution is 5.73. The molecule has 2 N–H and O–H groups in total. The standard InChI is InChI=1S/C18H23F2N3O3/c1-23(2)15(16-7-4-8-25-16)11-22-18(24)21-10-13-5-3-6-14(9-13)26-12-17(19)20/h3-9,15,17H,10-12H2,1-2H3,(H2,21,22,24). The first-order valence-electron chi connectivity index (χ1n) is 8.17. The van der Waals surface area contributed by atoms with Crippen molar-refractivity contribution < 1.29 is 22.7 Å². The van der Waals surface area contributed by atoms with Gasteiger partial charge in [-0.25, -0.2) is 13.6 Å². The monoisotopic (exact) mass is 367 g/mol. The Balaban J connectivity index is 1.80. The van der Waals surface area contributed by atoms with Gasteiger partial charge in [0, 0.05) is 13.1 Å². The zero-order valence-corrected chi connectivity index (χ0v) is 14.7. The Hall–Kier alpha value is -2.61. The molecule has 26 heavy (non-hydrogen) atoms. The maximum Gasteiger partial charge on any atom is 0.315 e. The second-order valence-corrected chi connectivity index (χ2v) is 5.91. The molecule has 1 aromatic carbocycles. The molecule has 0 aliphatic rings. The number of halogens is 2. The fourth-order valence-corrected chi connectivity index (χ4v) is 2.36. The van der Waals surface area contributed by atoms with Crippen LogP contribution in [0.2, 0.25) is 0 Å². The van der Waals surface area contributed by atoms with Crippen LogP contribution in [0.1, 0.15) is 17.4 Å². The number of carbonyl (C=O) groups is 1. The summed E-state index contributed by atoms with van der Waals surface area (Å²) in [6.45, 7) is -0.0228. The van der Waals surface area contributed by atoms with E-state index in [4.69, 9.17) is 9.15 Å². The predicted molar refractivity (Wildman–Crippen MR) is 93.3 cm³/mol. The molecule has 0 fully saturated rings. The number of nitrogens with zero attached hydrogens (tertiary/aromatic N) is 1. The number of urea groups is 1. The summed E-state index contributed by atoms with van der Waals surface area (Å²) in [6.07, 6.45) is -0.934. The van der Waals surface area contributed by atoms with Crippen molar-refractivity contribution in [3.8, 4) is 5.75 Å². The second-order valence-electron chi connectivity index (χ2n) is 5.91. The number of hydrogen-bond acceptors (Lipinski definition) is 4. The summed E-state index contributed by atoms with van der Waals surface area (Å²) >= 11 is 0. The minimum Gasteiger partial charge on any atom is -0.488 e. The first-order chi connectivity index (χ1) is 12.5. The number of likely N-dealkylation sites (N-methyl/N-ethyl adjacent to an activating group) is 1. The van der Waals surface area contributed by atoms with E-state index in [1.165, 1.54) is 0 Å². The first kappa shape index (κ1) is 19.7. The number of hydrogen-bond donors (Lipinski definition) is 2. The van der Waals surface area contributed by atoms with Gasteiger partial charge in [-0.3, -0.25) is 4.90 Å².